The van der Waals surface area contributed by atoms with Gasteiger partial charge in [0.05, 0.1) is 16.4 Å². The summed E-state index contributed by atoms with van der Waals surface area (Å²) in [6, 6.07) is 8.71. The lowest BCUT2D eigenvalue weighted by Crippen LogP contribution is -2.31. The highest BCUT2D eigenvalue weighted by atomic mass is 79.9. The number of likely N-dealkylation sites (N-methyl/N-ethyl adjacent to an activating group) is 1. The van der Waals surface area contributed by atoms with E-state index >= 15 is 0 Å². The Balaban J connectivity index is 2.00. The predicted octanol–water partition coefficient (Wildman–Crippen LogP) is 4.07. The third kappa shape index (κ3) is 4.49. The summed E-state index contributed by atoms with van der Waals surface area (Å²) >= 11 is 11.7. The molecule has 0 amide bonds. The van der Waals surface area contributed by atoms with Crippen molar-refractivity contribution in [1.29, 1.82) is 0 Å². The average Bonchev–Trinajstić information content (AvgIpc) is 2.69. The van der Waals surface area contributed by atoms with E-state index in [0.717, 1.165) is 33.1 Å². The van der Waals surface area contributed by atoms with E-state index in [1.54, 1.807) is 0 Å². The van der Waals surface area contributed by atoms with Crippen LogP contribution >= 0.6 is 39.3 Å². The molecule has 1 atom stereocenters. The van der Waals surface area contributed by atoms with Crippen LogP contribution in [0, 0.1) is 6.92 Å². The highest BCUT2D eigenvalue weighted by Crippen LogP contribution is 2.25. The second-order valence-corrected chi connectivity index (χ2v) is 7.31. The van der Waals surface area contributed by atoms with Gasteiger partial charge in [-0.1, -0.05) is 33.6 Å². The van der Waals surface area contributed by atoms with Crippen molar-refractivity contribution in [2.24, 2.45) is 7.05 Å². The maximum atomic E-state index is 6.33. The zero-order valence-electron chi connectivity index (χ0n) is 12.4. The molecule has 2 rings (SSSR count). The van der Waals surface area contributed by atoms with Gasteiger partial charge in [0.25, 0.3) is 0 Å². The fourth-order valence-corrected chi connectivity index (χ4v) is 3.98. The second-order valence-electron chi connectivity index (χ2n) is 4.93. The van der Waals surface area contributed by atoms with E-state index in [0.29, 0.717) is 6.04 Å². The lowest BCUT2D eigenvalue weighted by atomic mass is 10.2. The predicted molar refractivity (Wildman–Crippen MR) is 94.4 cm³/mol. The van der Waals surface area contributed by atoms with Crippen molar-refractivity contribution >= 4 is 39.3 Å². The van der Waals surface area contributed by atoms with Crippen LogP contribution in [0.2, 0.25) is 5.02 Å². The van der Waals surface area contributed by atoms with Gasteiger partial charge in [-0.25, -0.2) is 0 Å². The highest BCUT2D eigenvalue weighted by Gasteiger charge is 2.16. The van der Waals surface area contributed by atoms with E-state index in [1.165, 1.54) is 4.90 Å². The van der Waals surface area contributed by atoms with Crippen molar-refractivity contribution in [3.8, 4) is 0 Å². The van der Waals surface area contributed by atoms with Crippen molar-refractivity contribution < 1.29 is 0 Å². The summed E-state index contributed by atoms with van der Waals surface area (Å²) in [6.45, 7) is 1.94. The van der Waals surface area contributed by atoms with Crippen molar-refractivity contribution in [1.82, 2.24) is 15.1 Å². The van der Waals surface area contributed by atoms with Crippen LogP contribution in [0.1, 0.15) is 11.4 Å². The number of benzene rings is 1. The number of halogens is 2. The molecule has 1 N–H and O–H groups in total. The summed E-state index contributed by atoms with van der Waals surface area (Å²) in [5, 5.41) is 8.52. The number of aryl methyl sites for hydroxylation is 2. The average molecular weight is 389 g/mol. The summed E-state index contributed by atoms with van der Waals surface area (Å²) in [5.74, 6) is 0.980. The van der Waals surface area contributed by atoms with Gasteiger partial charge < -0.3 is 5.32 Å². The SMILES string of the molecule is CNC(CSc1cccc(Br)c1)Cc1c(Cl)c(C)nn1C. The third-order valence-corrected chi connectivity index (χ3v) is 5.50. The first-order chi connectivity index (χ1) is 10.0. The maximum Gasteiger partial charge on any atom is 0.0847 e. The normalized spacial score (nSPS) is 12.6. The molecular formula is C15H19BrClN3S. The Hall–Kier alpha value is -0.490. The van der Waals surface area contributed by atoms with E-state index < -0.39 is 0 Å². The number of aromatic nitrogens is 2. The molecule has 0 aliphatic carbocycles. The zero-order chi connectivity index (χ0) is 15.4. The number of nitrogens with one attached hydrogen (secondary N) is 1. The van der Waals surface area contributed by atoms with Gasteiger partial charge in [-0.15, -0.1) is 11.8 Å². The Bertz CT molecular complexity index is 615. The number of hydrogen-bond acceptors (Lipinski definition) is 3. The van der Waals surface area contributed by atoms with Crippen molar-refractivity contribution in [2.75, 3.05) is 12.8 Å². The van der Waals surface area contributed by atoms with E-state index in [2.05, 4.69) is 44.5 Å². The standard InChI is InChI=1S/C15H19BrClN3S/c1-10-15(17)14(20(3)19-10)8-12(18-2)9-21-13-6-4-5-11(16)7-13/h4-7,12,18H,8-9H2,1-3H3. The maximum absolute atomic E-state index is 6.33. The van der Waals surface area contributed by atoms with Crippen LogP contribution in [0.5, 0.6) is 0 Å². The summed E-state index contributed by atoms with van der Waals surface area (Å²) in [5.41, 5.74) is 1.98. The molecule has 21 heavy (non-hydrogen) atoms. The number of nitrogens with zero attached hydrogens (tertiary/aromatic N) is 2. The highest BCUT2D eigenvalue weighted by molar-refractivity contribution is 9.10. The number of rotatable bonds is 6. The van der Waals surface area contributed by atoms with Crippen LogP contribution in [-0.4, -0.2) is 28.6 Å². The smallest absolute Gasteiger partial charge is 0.0847 e. The summed E-state index contributed by atoms with van der Waals surface area (Å²) < 4.78 is 2.99. The molecule has 6 heteroatoms. The molecule has 1 heterocycles. The molecule has 1 aromatic heterocycles. The van der Waals surface area contributed by atoms with Crippen molar-refractivity contribution in [2.45, 2.75) is 24.3 Å². The fraction of sp³-hybridized carbons (Fsp3) is 0.400. The number of thioether (sulfide) groups is 1. The van der Waals surface area contributed by atoms with Crippen LogP contribution in [0.25, 0.3) is 0 Å². The van der Waals surface area contributed by atoms with Crippen LogP contribution in [-0.2, 0) is 13.5 Å². The van der Waals surface area contributed by atoms with Crippen LogP contribution in [0.15, 0.2) is 33.6 Å². The van der Waals surface area contributed by atoms with Gasteiger partial charge in [0.1, 0.15) is 0 Å². The van der Waals surface area contributed by atoms with Crippen LogP contribution in [0.3, 0.4) is 0 Å². The van der Waals surface area contributed by atoms with Crippen molar-refractivity contribution in [3.63, 3.8) is 0 Å². The third-order valence-electron chi connectivity index (χ3n) is 3.36. The quantitative estimate of drug-likeness (QED) is 0.757. The van der Waals surface area contributed by atoms with Gasteiger partial charge in [0.2, 0.25) is 0 Å². The minimum atomic E-state index is 0.348. The van der Waals surface area contributed by atoms with Gasteiger partial charge in [-0.2, -0.15) is 5.10 Å². The molecule has 0 spiro atoms. The molecule has 2 aromatic rings. The molecule has 1 unspecified atom stereocenters. The first kappa shape index (κ1) is 16.9. The minimum absolute atomic E-state index is 0.348. The summed E-state index contributed by atoms with van der Waals surface area (Å²) in [6.07, 6.45) is 0.869. The molecule has 114 valence electrons. The van der Waals surface area contributed by atoms with E-state index in [4.69, 9.17) is 11.6 Å². The Kier molecular flexibility index (Phi) is 6.17. The summed E-state index contributed by atoms with van der Waals surface area (Å²) in [4.78, 5) is 1.26. The Labute approximate surface area is 143 Å². The zero-order valence-corrected chi connectivity index (χ0v) is 15.5. The molecule has 0 radical (unpaired) electrons. The van der Waals surface area contributed by atoms with Crippen LogP contribution in [0.4, 0.5) is 0 Å². The molecule has 0 aliphatic heterocycles. The van der Waals surface area contributed by atoms with E-state index in [-0.39, 0.29) is 0 Å². The van der Waals surface area contributed by atoms with E-state index in [1.807, 2.05) is 43.5 Å². The molecule has 0 saturated heterocycles. The van der Waals surface area contributed by atoms with Gasteiger partial charge in [-0.05, 0) is 32.2 Å². The monoisotopic (exact) mass is 387 g/mol. The van der Waals surface area contributed by atoms with E-state index in [9.17, 15) is 0 Å². The first-order valence-electron chi connectivity index (χ1n) is 6.75. The number of hydrogen-bond donors (Lipinski definition) is 1. The Morgan fingerprint density at radius 3 is 2.81 bits per heavy atom. The molecule has 0 aliphatic rings. The topological polar surface area (TPSA) is 29.9 Å². The minimum Gasteiger partial charge on any atom is -0.316 e. The fourth-order valence-electron chi connectivity index (χ4n) is 2.13. The lowest BCUT2D eigenvalue weighted by molar-refractivity contribution is 0.582. The summed E-state index contributed by atoms with van der Waals surface area (Å²) in [7, 11) is 3.94. The largest absolute Gasteiger partial charge is 0.316 e. The molecule has 0 saturated carbocycles. The van der Waals surface area contributed by atoms with Gasteiger partial charge in [0.15, 0.2) is 0 Å². The molecule has 1 aromatic carbocycles. The Morgan fingerprint density at radius 2 is 2.24 bits per heavy atom. The van der Waals surface area contributed by atoms with Gasteiger partial charge in [0, 0.05) is 34.6 Å². The molecule has 0 bridgehead atoms. The van der Waals surface area contributed by atoms with Crippen LogP contribution < -0.4 is 5.32 Å². The molecule has 0 fully saturated rings. The van der Waals surface area contributed by atoms with Gasteiger partial charge >= 0.3 is 0 Å². The van der Waals surface area contributed by atoms with Gasteiger partial charge in [-0.3, -0.25) is 4.68 Å². The molecule has 3 nitrogen and oxygen atoms in total. The molecular weight excluding hydrogens is 370 g/mol. The lowest BCUT2D eigenvalue weighted by Gasteiger charge is -2.16. The second kappa shape index (κ2) is 7.68. The first-order valence-corrected chi connectivity index (χ1v) is 8.90. The van der Waals surface area contributed by atoms with Crippen molar-refractivity contribution in [3.05, 3.63) is 45.1 Å². The Morgan fingerprint density at radius 1 is 1.48 bits per heavy atom.